The van der Waals surface area contributed by atoms with Gasteiger partial charge in [-0.2, -0.15) is 0 Å². The zero-order valence-corrected chi connectivity index (χ0v) is 6.59. The lowest BCUT2D eigenvalue weighted by molar-refractivity contribution is -0.182. The van der Waals surface area contributed by atoms with E-state index in [2.05, 4.69) is 0 Å². The Balaban J connectivity index is 2.51. The molecular weight excluding hydrogens is 130 g/mol. The number of hydrogen-bond acceptors (Lipinski definition) is 3. The Kier molecular flexibility index (Phi) is 2.28. The Labute approximate surface area is 61.5 Å². The van der Waals surface area contributed by atoms with Crippen molar-refractivity contribution in [3.8, 4) is 0 Å². The maximum absolute atomic E-state index is 5.47. The molecule has 0 radical (unpaired) electrons. The third-order valence-electron chi connectivity index (χ3n) is 1.87. The first kappa shape index (κ1) is 7.98. The zero-order valence-electron chi connectivity index (χ0n) is 6.59. The van der Waals surface area contributed by atoms with Crippen molar-refractivity contribution in [1.29, 1.82) is 0 Å². The SMILES string of the molecule is CC1(C)OCCOC1CN. The van der Waals surface area contributed by atoms with Crippen LogP contribution in [0, 0.1) is 0 Å². The molecule has 1 saturated heterocycles. The van der Waals surface area contributed by atoms with Crippen molar-refractivity contribution in [3.05, 3.63) is 0 Å². The maximum atomic E-state index is 5.47. The van der Waals surface area contributed by atoms with Gasteiger partial charge in [0.2, 0.25) is 0 Å². The molecule has 1 rings (SSSR count). The van der Waals surface area contributed by atoms with Crippen molar-refractivity contribution in [2.45, 2.75) is 25.6 Å². The van der Waals surface area contributed by atoms with E-state index in [1.807, 2.05) is 13.8 Å². The monoisotopic (exact) mass is 145 g/mol. The average molecular weight is 145 g/mol. The van der Waals surface area contributed by atoms with Gasteiger partial charge in [-0.15, -0.1) is 0 Å². The molecule has 0 aromatic heterocycles. The molecule has 0 aliphatic carbocycles. The second kappa shape index (κ2) is 2.86. The summed E-state index contributed by atoms with van der Waals surface area (Å²) in [6.45, 7) is 5.90. The quantitative estimate of drug-likeness (QED) is 0.570. The number of hydrogen-bond donors (Lipinski definition) is 1. The van der Waals surface area contributed by atoms with E-state index < -0.39 is 0 Å². The largest absolute Gasteiger partial charge is 0.372 e. The average Bonchev–Trinajstić information content (AvgIpc) is 1.87. The summed E-state index contributed by atoms with van der Waals surface area (Å²) in [5.41, 5.74) is 5.27. The Morgan fingerprint density at radius 2 is 2.20 bits per heavy atom. The lowest BCUT2D eigenvalue weighted by Gasteiger charge is -2.37. The zero-order chi connectivity index (χ0) is 7.61. The van der Waals surface area contributed by atoms with Crippen molar-refractivity contribution < 1.29 is 9.47 Å². The predicted octanol–water partition coefficient (Wildman–Crippen LogP) is 0.139. The van der Waals surface area contributed by atoms with Crippen molar-refractivity contribution >= 4 is 0 Å². The normalized spacial score (nSPS) is 32.1. The Bertz CT molecular complexity index is 114. The molecule has 0 aromatic carbocycles. The fourth-order valence-electron chi connectivity index (χ4n) is 1.14. The summed E-state index contributed by atoms with van der Waals surface area (Å²) in [6, 6.07) is 0. The minimum absolute atomic E-state index is 0.0567. The van der Waals surface area contributed by atoms with E-state index in [1.54, 1.807) is 0 Å². The summed E-state index contributed by atoms with van der Waals surface area (Å²) < 4.78 is 10.9. The third-order valence-corrected chi connectivity index (χ3v) is 1.87. The van der Waals surface area contributed by atoms with Gasteiger partial charge in [0.15, 0.2) is 0 Å². The van der Waals surface area contributed by atoms with Crippen LogP contribution in [0.5, 0.6) is 0 Å². The van der Waals surface area contributed by atoms with Crippen LogP contribution in [0.2, 0.25) is 0 Å². The molecule has 0 aromatic rings. The molecule has 0 saturated carbocycles. The highest BCUT2D eigenvalue weighted by atomic mass is 16.6. The van der Waals surface area contributed by atoms with E-state index in [9.17, 15) is 0 Å². The van der Waals surface area contributed by atoms with E-state index >= 15 is 0 Å². The van der Waals surface area contributed by atoms with Gasteiger partial charge in [0.25, 0.3) is 0 Å². The number of nitrogens with two attached hydrogens (primary N) is 1. The molecule has 2 N–H and O–H groups in total. The molecule has 1 aliphatic rings. The standard InChI is InChI=1S/C7H15NO2/c1-7(2)6(5-8)9-3-4-10-7/h6H,3-5,8H2,1-2H3. The Hall–Kier alpha value is -0.120. The Morgan fingerprint density at radius 1 is 1.50 bits per heavy atom. The maximum Gasteiger partial charge on any atom is 0.0982 e. The molecule has 1 fully saturated rings. The van der Waals surface area contributed by atoms with E-state index in [4.69, 9.17) is 15.2 Å². The second-order valence-corrected chi connectivity index (χ2v) is 3.05. The minimum Gasteiger partial charge on any atom is -0.372 e. The lowest BCUT2D eigenvalue weighted by atomic mass is 10.0. The Morgan fingerprint density at radius 3 is 2.60 bits per heavy atom. The molecular formula is C7H15NO2. The molecule has 1 heterocycles. The summed E-state index contributed by atoms with van der Waals surface area (Å²) in [5.74, 6) is 0. The van der Waals surface area contributed by atoms with Gasteiger partial charge in [0, 0.05) is 6.54 Å². The van der Waals surface area contributed by atoms with Gasteiger partial charge in [0.05, 0.1) is 24.9 Å². The van der Waals surface area contributed by atoms with Crippen LogP contribution >= 0.6 is 0 Å². The summed E-state index contributed by atoms with van der Waals surface area (Å²) >= 11 is 0. The molecule has 1 aliphatic heterocycles. The van der Waals surface area contributed by atoms with Gasteiger partial charge in [-0.1, -0.05) is 0 Å². The van der Waals surface area contributed by atoms with E-state index in [-0.39, 0.29) is 11.7 Å². The van der Waals surface area contributed by atoms with Crippen molar-refractivity contribution in [2.75, 3.05) is 19.8 Å². The highest BCUT2D eigenvalue weighted by molar-refractivity contribution is 4.83. The van der Waals surface area contributed by atoms with Gasteiger partial charge in [-0.3, -0.25) is 0 Å². The van der Waals surface area contributed by atoms with Crippen LogP contribution < -0.4 is 5.73 Å². The number of rotatable bonds is 1. The summed E-state index contributed by atoms with van der Waals surface area (Å²) in [5, 5.41) is 0. The first-order valence-corrected chi connectivity index (χ1v) is 3.62. The van der Waals surface area contributed by atoms with Gasteiger partial charge in [-0.25, -0.2) is 0 Å². The van der Waals surface area contributed by atoms with Crippen molar-refractivity contribution in [1.82, 2.24) is 0 Å². The molecule has 3 nitrogen and oxygen atoms in total. The first-order chi connectivity index (χ1) is 4.67. The second-order valence-electron chi connectivity index (χ2n) is 3.05. The molecule has 0 amide bonds. The van der Waals surface area contributed by atoms with Crippen LogP contribution in [0.1, 0.15) is 13.8 Å². The van der Waals surface area contributed by atoms with Crippen LogP contribution in [0.4, 0.5) is 0 Å². The van der Waals surface area contributed by atoms with Crippen LogP contribution in [-0.2, 0) is 9.47 Å². The van der Waals surface area contributed by atoms with Crippen LogP contribution in [0.3, 0.4) is 0 Å². The highest BCUT2D eigenvalue weighted by Crippen LogP contribution is 2.20. The number of ether oxygens (including phenoxy) is 2. The molecule has 10 heavy (non-hydrogen) atoms. The summed E-state index contributed by atoms with van der Waals surface area (Å²) in [7, 11) is 0. The van der Waals surface area contributed by atoms with Crippen LogP contribution in [0.25, 0.3) is 0 Å². The molecule has 0 bridgehead atoms. The molecule has 3 heteroatoms. The topological polar surface area (TPSA) is 44.5 Å². The van der Waals surface area contributed by atoms with Crippen molar-refractivity contribution in [2.24, 2.45) is 5.73 Å². The van der Waals surface area contributed by atoms with Crippen molar-refractivity contribution in [3.63, 3.8) is 0 Å². The predicted molar refractivity (Wildman–Crippen MR) is 38.8 cm³/mol. The fourth-order valence-corrected chi connectivity index (χ4v) is 1.14. The smallest absolute Gasteiger partial charge is 0.0982 e. The van der Waals surface area contributed by atoms with Crippen LogP contribution in [-0.4, -0.2) is 31.5 Å². The van der Waals surface area contributed by atoms with Gasteiger partial charge >= 0.3 is 0 Å². The summed E-state index contributed by atoms with van der Waals surface area (Å²) in [6.07, 6.45) is 0.0567. The van der Waals surface area contributed by atoms with Gasteiger partial charge in [0.1, 0.15) is 0 Å². The van der Waals surface area contributed by atoms with E-state index in [1.165, 1.54) is 0 Å². The van der Waals surface area contributed by atoms with E-state index in [0.29, 0.717) is 19.8 Å². The van der Waals surface area contributed by atoms with Crippen LogP contribution in [0.15, 0.2) is 0 Å². The molecule has 1 atom stereocenters. The lowest BCUT2D eigenvalue weighted by Crippen LogP contribution is -2.50. The van der Waals surface area contributed by atoms with Gasteiger partial charge in [-0.05, 0) is 13.8 Å². The van der Waals surface area contributed by atoms with Gasteiger partial charge < -0.3 is 15.2 Å². The summed E-state index contributed by atoms with van der Waals surface area (Å²) in [4.78, 5) is 0. The third kappa shape index (κ3) is 1.48. The fraction of sp³-hybridized carbons (Fsp3) is 1.00. The van der Waals surface area contributed by atoms with E-state index in [0.717, 1.165) is 0 Å². The first-order valence-electron chi connectivity index (χ1n) is 3.62. The molecule has 60 valence electrons. The molecule has 1 unspecified atom stereocenters. The highest BCUT2D eigenvalue weighted by Gasteiger charge is 2.33. The molecule has 0 spiro atoms. The minimum atomic E-state index is -0.201.